The summed E-state index contributed by atoms with van der Waals surface area (Å²) in [7, 11) is 0. The Morgan fingerprint density at radius 2 is 1.92 bits per heavy atom. The molecule has 0 spiro atoms. The number of hydrogen-bond donors (Lipinski definition) is 2. The Morgan fingerprint density at radius 1 is 1.16 bits per heavy atom. The third-order valence-electron chi connectivity index (χ3n) is 5.55. The Balaban J connectivity index is 1.35. The van der Waals surface area contributed by atoms with Gasteiger partial charge in [0.25, 0.3) is 0 Å². The number of rotatable bonds is 3. The van der Waals surface area contributed by atoms with Crippen LogP contribution in [0.25, 0.3) is 0 Å². The summed E-state index contributed by atoms with van der Waals surface area (Å²) >= 11 is 0. The molecule has 132 valence electrons. The van der Waals surface area contributed by atoms with Crippen LogP contribution in [0.5, 0.6) is 0 Å². The minimum atomic E-state index is -0.395. The molecule has 4 rings (SSSR count). The minimum Gasteiger partial charge on any atom is -0.391 e. The molecule has 1 saturated carbocycles. The number of nitrogens with zero attached hydrogens (tertiary/aromatic N) is 3. The van der Waals surface area contributed by atoms with Crippen molar-refractivity contribution in [2.45, 2.75) is 31.5 Å². The SMILES string of the molecule is O=C(NCc1ccccc1)N1C[C@H]2C[C@H](O)[C@@H](n3cccn3)C[C@H]2C1. The summed E-state index contributed by atoms with van der Waals surface area (Å²) in [6, 6.07) is 11.8. The normalized spacial score (nSPS) is 28.6. The molecule has 2 N–H and O–H groups in total. The molecule has 2 aliphatic rings. The van der Waals surface area contributed by atoms with Crippen molar-refractivity contribution in [2.75, 3.05) is 13.1 Å². The fourth-order valence-electron chi connectivity index (χ4n) is 4.22. The molecule has 0 unspecified atom stereocenters. The molecule has 25 heavy (non-hydrogen) atoms. The van der Waals surface area contributed by atoms with Gasteiger partial charge in [0, 0.05) is 32.0 Å². The maximum absolute atomic E-state index is 12.5. The predicted octanol–water partition coefficient (Wildman–Crippen LogP) is 2.04. The average Bonchev–Trinajstić information content (AvgIpc) is 3.29. The topological polar surface area (TPSA) is 70.4 Å². The summed E-state index contributed by atoms with van der Waals surface area (Å²) in [5.41, 5.74) is 1.10. The highest BCUT2D eigenvalue weighted by atomic mass is 16.3. The second-order valence-electron chi connectivity index (χ2n) is 7.16. The Morgan fingerprint density at radius 3 is 2.64 bits per heavy atom. The van der Waals surface area contributed by atoms with Gasteiger partial charge in [0.15, 0.2) is 0 Å². The lowest BCUT2D eigenvalue weighted by atomic mass is 9.77. The van der Waals surface area contributed by atoms with Crippen molar-refractivity contribution in [3.05, 3.63) is 54.4 Å². The monoisotopic (exact) mass is 340 g/mol. The van der Waals surface area contributed by atoms with Crippen LogP contribution in [0.4, 0.5) is 4.79 Å². The van der Waals surface area contributed by atoms with Gasteiger partial charge in [-0.1, -0.05) is 30.3 Å². The summed E-state index contributed by atoms with van der Waals surface area (Å²) in [5, 5.41) is 17.8. The van der Waals surface area contributed by atoms with E-state index in [1.165, 1.54) is 0 Å². The van der Waals surface area contributed by atoms with Gasteiger partial charge in [-0.25, -0.2) is 4.79 Å². The first-order valence-corrected chi connectivity index (χ1v) is 8.94. The molecule has 6 heteroatoms. The third kappa shape index (κ3) is 3.39. The van der Waals surface area contributed by atoms with E-state index >= 15 is 0 Å². The number of hydrogen-bond acceptors (Lipinski definition) is 3. The van der Waals surface area contributed by atoms with E-state index in [-0.39, 0.29) is 12.1 Å². The standard InChI is InChI=1S/C19H24N4O2/c24-18-10-16-13-22(19(25)20-11-14-5-2-1-3-6-14)12-15(16)9-17(18)23-8-4-7-21-23/h1-8,15-18,24H,9-13H2,(H,20,25)/t15-,16+,17-,18-/m0/s1. The fourth-order valence-corrected chi connectivity index (χ4v) is 4.22. The third-order valence-corrected chi connectivity index (χ3v) is 5.55. The van der Waals surface area contributed by atoms with Gasteiger partial charge in [0.2, 0.25) is 0 Å². The van der Waals surface area contributed by atoms with Crippen molar-refractivity contribution in [1.29, 1.82) is 0 Å². The van der Waals surface area contributed by atoms with E-state index in [0.717, 1.165) is 31.5 Å². The molecule has 1 aliphatic carbocycles. The Bertz CT molecular complexity index is 703. The predicted molar refractivity (Wildman–Crippen MR) is 93.7 cm³/mol. The van der Waals surface area contributed by atoms with Crippen molar-refractivity contribution < 1.29 is 9.90 Å². The highest BCUT2D eigenvalue weighted by Crippen LogP contribution is 2.41. The fraction of sp³-hybridized carbons (Fsp3) is 0.474. The lowest BCUT2D eigenvalue weighted by molar-refractivity contribution is 0.0306. The van der Waals surface area contributed by atoms with Crippen LogP contribution in [0.15, 0.2) is 48.8 Å². The molecule has 2 amide bonds. The zero-order valence-corrected chi connectivity index (χ0v) is 14.2. The summed E-state index contributed by atoms with van der Waals surface area (Å²) in [6.45, 7) is 2.04. The van der Waals surface area contributed by atoms with Gasteiger partial charge < -0.3 is 15.3 Å². The van der Waals surface area contributed by atoms with Crippen LogP contribution in [0, 0.1) is 11.8 Å². The number of likely N-dealkylation sites (tertiary alicyclic amines) is 1. The lowest BCUT2D eigenvalue weighted by Crippen LogP contribution is -2.38. The summed E-state index contributed by atoms with van der Waals surface area (Å²) in [4.78, 5) is 14.4. The molecule has 6 nitrogen and oxygen atoms in total. The van der Waals surface area contributed by atoms with Gasteiger partial charge in [-0.15, -0.1) is 0 Å². The highest BCUT2D eigenvalue weighted by molar-refractivity contribution is 5.74. The van der Waals surface area contributed by atoms with Gasteiger partial charge in [-0.3, -0.25) is 4.68 Å². The molecule has 2 fully saturated rings. The number of carbonyl (C=O) groups excluding carboxylic acids is 1. The Hall–Kier alpha value is -2.34. The molecule has 1 saturated heterocycles. The number of nitrogens with one attached hydrogen (secondary N) is 1. The molecular formula is C19H24N4O2. The molecule has 2 aromatic rings. The van der Waals surface area contributed by atoms with E-state index in [9.17, 15) is 9.90 Å². The molecule has 1 aliphatic heterocycles. The molecule has 2 heterocycles. The van der Waals surface area contributed by atoms with E-state index in [4.69, 9.17) is 0 Å². The van der Waals surface area contributed by atoms with E-state index in [1.807, 2.05) is 52.2 Å². The van der Waals surface area contributed by atoms with Crippen molar-refractivity contribution in [3.8, 4) is 0 Å². The first kappa shape index (κ1) is 16.1. The largest absolute Gasteiger partial charge is 0.391 e. The number of aliphatic hydroxyl groups is 1. The van der Waals surface area contributed by atoms with E-state index in [2.05, 4.69) is 10.4 Å². The molecular weight excluding hydrogens is 316 g/mol. The summed E-state index contributed by atoms with van der Waals surface area (Å²) in [6.07, 6.45) is 4.87. The maximum atomic E-state index is 12.5. The number of aliphatic hydroxyl groups excluding tert-OH is 1. The summed E-state index contributed by atoms with van der Waals surface area (Å²) < 4.78 is 1.86. The zero-order valence-electron chi connectivity index (χ0n) is 14.2. The number of urea groups is 1. The van der Waals surface area contributed by atoms with E-state index < -0.39 is 6.10 Å². The second-order valence-corrected chi connectivity index (χ2v) is 7.16. The van der Waals surface area contributed by atoms with Gasteiger partial charge in [0.1, 0.15) is 0 Å². The smallest absolute Gasteiger partial charge is 0.317 e. The number of benzene rings is 1. The van der Waals surface area contributed by atoms with Gasteiger partial charge in [0.05, 0.1) is 12.1 Å². The number of fused-ring (bicyclic) bond motifs is 1. The quantitative estimate of drug-likeness (QED) is 0.898. The molecule has 1 aromatic carbocycles. The van der Waals surface area contributed by atoms with Crippen molar-refractivity contribution in [2.24, 2.45) is 11.8 Å². The first-order chi connectivity index (χ1) is 12.2. The highest BCUT2D eigenvalue weighted by Gasteiger charge is 2.43. The van der Waals surface area contributed by atoms with Crippen molar-refractivity contribution in [1.82, 2.24) is 20.0 Å². The van der Waals surface area contributed by atoms with E-state index in [0.29, 0.717) is 18.4 Å². The second kappa shape index (κ2) is 6.88. The van der Waals surface area contributed by atoms with Crippen molar-refractivity contribution >= 4 is 6.03 Å². The van der Waals surface area contributed by atoms with Gasteiger partial charge in [-0.05, 0) is 36.3 Å². The molecule has 0 bridgehead atoms. The van der Waals surface area contributed by atoms with Crippen molar-refractivity contribution in [3.63, 3.8) is 0 Å². The number of carbonyl (C=O) groups is 1. The van der Waals surface area contributed by atoms with Crippen LogP contribution >= 0.6 is 0 Å². The van der Waals surface area contributed by atoms with Crippen LogP contribution in [-0.2, 0) is 6.54 Å². The van der Waals surface area contributed by atoms with E-state index in [1.54, 1.807) is 6.20 Å². The van der Waals surface area contributed by atoms with Crippen LogP contribution in [0.1, 0.15) is 24.4 Å². The Labute approximate surface area is 147 Å². The van der Waals surface area contributed by atoms with Crippen LogP contribution in [-0.4, -0.2) is 45.0 Å². The molecule has 4 atom stereocenters. The van der Waals surface area contributed by atoms with Crippen LogP contribution < -0.4 is 5.32 Å². The minimum absolute atomic E-state index is 0.0108. The number of amides is 2. The average molecular weight is 340 g/mol. The first-order valence-electron chi connectivity index (χ1n) is 8.94. The maximum Gasteiger partial charge on any atom is 0.317 e. The van der Waals surface area contributed by atoms with Gasteiger partial charge >= 0.3 is 6.03 Å². The summed E-state index contributed by atoms with van der Waals surface area (Å²) in [5.74, 6) is 0.810. The Kier molecular flexibility index (Phi) is 4.44. The van der Waals surface area contributed by atoms with Crippen LogP contribution in [0.2, 0.25) is 0 Å². The zero-order chi connectivity index (χ0) is 17.2. The lowest BCUT2D eigenvalue weighted by Gasteiger charge is -2.35. The number of aromatic nitrogens is 2. The van der Waals surface area contributed by atoms with Crippen LogP contribution in [0.3, 0.4) is 0 Å². The molecule has 1 aromatic heterocycles. The van der Waals surface area contributed by atoms with Gasteiger partial charge in [-0.2, -0.15) is 5.10 Å². The molecule has 0 radical (unpaired) electrons.